The van der Waals surface area contributed by atoms with Gasteiger partial charge in [0.15, 0.2) is 0 Å². The number of aromatic nitrogens is 1. The summed E-state index contributed by atoms with van der Waals surface area (Å²) in [6, 6.07) is 4.54. The molecule has 1 fully saturated rings. The van der Waals surface area contributed by atoms with E-state index in [-0.39, 0.29) is 6.04 Å². The molecule has 2 atom stereocenters. The molecule has 1 aromatic rings. The van der Waals surface area contributed by atoms with Gasteiger partial charge in [0.05, 0.1) is 6.04 Å². The third kappa shape index (κ3) is 2.49. The van der Waals surface area contributed by atoms with Crippen LogP contribution in [0.4, 0.5) is 0 Å². The number of aryl methyl sites for hydroxylation is 1. The molecule has 3 rings (SSSR count). The normalized spacial score (nSPS) is 25.8. The maximum atomic E-state index is 12.5. The molecule has 1 saturated heterocycles. The number of rotatable bonds is 3. The maximum absolute atomic E-state index is 12.5. The van der Waals surface area contributed by atoms with Crippen molar-refractivity contribution in [1.29, 1.82) is 0 Å². The fourth-order valence-electron chi connectivity index (χ4n) is 3.59. The van der Waals surface area contributed by atoms with Gasteiger partial charge >= 0.3 is 0 Å². The van der Waals surface area contributed by atoms with Crippen LogP contribution in [-0.2, 0) is 11.3 Å². The Balaban J connectivity index is 1.61. The number of hydrogen-bond donors (Lipinski definition) is 1. The lowest BCUT2D eigenvalue weighted by Gasteiger charge is -2.35. The van der Waals surface area contributed by atoms with Gasteiger partial charge in [-0.25, -0.2) is 0 Å². The number of nitrogens with zero attached hydrogens (tertiary/aromatic N) is 2. The van der Waals surface area contributed by atoms with Gasteiger partial charge in [-0.1, -0.05) is 0 Å². The van der Waals surface area contributed by atoms with Gasteiger partial charge in [-0.3, -0.25) is 4.79 Å². The zero-order chi connectivity index (χ0) is 14.1. The van der Waals surface area contributed by atoms with Crippen molar-refractivity contribution in [2.24, 2.45) is 5.92 Å². The van der Waals surface area contributed by atoms with Crippen LogP contribution < -0.4 is 5.32 Å². The molecular weight excluding hydrogens is 250 g/mol. The average molecular weight is 275 g/mol. The minimum Gasteiger partial charge on any atom is -0.345 e. The topological polar surface area (TPSA) is 37.3 Å². The summed E-state index contributed by atoms with van der Waals surface area (Å²) in [6.07, 6.45) is 2.97. The third-order valence-corrected chi connectivity index (χ3v) is 4.94. The van der Waals surface area contributed by atoms with Crippen LogP contribution in [0.15, 0.2) is 12.1 Å². The molecule has 1 amide bonds. The van der Waals surface area contributed by atoms with E-state index >= 15 is 0 Å². The first-order valence-corrected chi connectivity index (χ1v) is 7.83. The second kappa shape index (κ2) is 5.60. The fraction of sp³-hybridized carbons (Fsp3) is 0.688. The Kier molecular flexibility index (Phi) is 3.83. The summed E-state index contributed by atoms with van der Waals surface area (Å²) in [7, 11) is 0. The van der Waals surface area contributed by atoms with E-state index in [1.165, 1.54) is 17.8 Å². The van der Waals surface area contributed by atoms with Gasteiger partial charge in [0, 0.05) is 30.9 Å². The Bertz CT molecular complexity index is 488. The molecule has 2 unspecified atom stereocenters. The molecule has 0 radical (unpaired) electrons. The molecule has 1 N–H and O–H groups in total. The minimum absolute atomic E-state index is 0.214. The lowest BCUT2D eigenvalue weighted by atomic mass is 10.0. The number of amides is 1. The van der Waals surface area contributed by atoms with Crippen LogP contribution in [0.2, 0.25) is 0 Å². The molecule has 0 saturated carbocycles. The molecule has 0 spiro atoms. The number of hydrogen-bond acceptors (Lipinski definition) is 2. The van der Waals surface area contributed by atoms with E-state index in [1.54, 1.807) is 0 Å². The Labute approximate surface area is 121 Å². The second-order valence-electron chi connectivity index (χ2n) is 6.21. The summed E-state index contributed by atoms with van der Waals surface area (Å²) >= 11 is 0. The van der Waals surface area contributed by atoms with E-state index in [0.717, 1.165) is 32.6 Å². The van der Waals surface area contributed by atoms with Gasteiger partial charge in [-0.2, -0.15) is 0 Å². The largest absolute Gasteiger partial charge is 0.345 e. The molecular formula is C16H25N3O. The maximum Gasteiger partial charge on any atom is 0.223 e. The number of carbonyl (C=O) groups excluding carboxylic acids is 1. The molecule has 0 aliphatic carbocycles. The molecule has 2 aliphatic rings. The van der Waals surface area contributed by atoms with Crippen LogP contribution in [0.1, 0.15) is 43.6 Å². The van der Waals surface area contributed by atoms with Gasteiger partial charge in [0.25, 0.3) is 0 Å². The van der Waals surface area contributed by atoms with Crippen LogP contribution >= 0.6 is 0 Å². The molecule has 2 aliphatic heterocycles. The molecule has 20 heavy (non-hydrogen) atoms. The third-order valence-electron chi connectivity index (χ3n) is 4.94. The molecule has 4 nitrogen and oxygen atoms in total. The lowest BCUT2D eigenvalue weighted by Crippen LogP contribution is -2.41. The average Bonchev–Trinajstić information content (AvgIpc) is 3.07. The van der Waals surface area contributed by atoms with Crippen molar-refractivity contribution in [2.75, 3.05) is 19.6 Å². The number of fused-ring (bicyclic) bond motifs is 1. The number of carbonyl (C=O) groups is 1. The molecule has 1 aromatic heterocycles. The highest BCUT2D eigenvalue weighted by atomic mass is 16.2. The van der Waals surface area contributed by atoms with Crippen LogP contribution in [-0.4, -0.2) is 35.0 Å². The van der Waals surface area contributed by atoms with Gasteiger partial charge in [-0.15, -0.1) is 0 Å². The van der Waals surface area contributed by atoms with Crippen molar-refractivity contribution < 1.29 is 4.79 Å². The van der Waals surface area contributed by atoms with E-state index in [9.17, 15) is 4.79 Å². The molecule has 110 valence electrons. The van der Waals surface area contributed by atoms with Crippen molar-refractivity contribution in [1.82, 2.24) is 14.8 Å². The molecule has 3 heterocycles. The fourth-order valence-corrected chi connectivity index (χ4v) is 3.59. The zero-order valence-corrected chi connectivity index (χ0v) is 12.6. The summed E-state index contributed by atoms with van der Waals surface area (Å²) in [4.78, 5) is 14.5. The predicted molar refractivity (Wildman–Crippen MR) is 79.5 cm³/mol. The smallest absolute Gasteiger partial charge is 0.223 e. The van der Waals surface area contributed by atoms with Crippen molar-refractivity contribution in [3.05, 3.63) is 23.5 Å². The van der Waals surface area contributed by atoms with E-state index in [4.69, 9.17) is 0 Å². The van der Waals surface area contributed by atoms with Crippen molar-refractivity contribution in [3.63, 3.8) is 0 Å². The Morgan fingerprint density at radius 1 is 1.40 bits per heavy atom. The summed E-state index contributed by atoms with van der Waals surface area (Å²) in [5, 5.41) is 3.37. The summed E-state index contributed by atoms with van der Waals surface area (Å²) in [5.41, 5.74) is 2.58. The first-order chi connectivity index (χ1) is 9.66. The van der Waals surface area contributed by atoms with E-state index in [1.807, 2.05) is 0 Å². The zero-order valence-electron chi connectivity index (χ0n) is 12.6. The molecule has 0 aromatic carbocycles. The first-order valence-electron chi connectivity index (χ1n) is 7.83. The van der Waals surface area contributed by atoms with E-state index in [2.05, 4.69) is 40.8 Å². The SMILES string of the molecule is Cc1ccc2n1CCN(C(=O)CCC1CCNC1)C2C. The van der Waals surface area contributed by atoms with Crippen LogP contribution in [0.3, 0.4) is 0 Å². The highest BCUT2D eigenvalue weighted by Gasteiger charge is 2.28. The quantitative estimate of drug-likeness (QED) is 0.917. The lowest BCUT2D eigenvalue weighted by molar-refractivity contribution is -0.134. The minimum atomic E-state index is 0.214. The van der Waals surface area contributed by atoms with Gasteiger partial charge < -0.3 is 14.8 Å². The van der Waals surface area contributed by atoms with E-state index in [0.29, 0.717) is 18.2 Å². The summed E-state index contributed by atoms with van der Waals surface area (Å²) in [6.45, 7) is 8.29. The number of nitrogens with one attached hydrogen (secondary N) is 1. The predicted octanol–water partition coefficient (Wildman–Crippen LogP) is 2.09. The monoisotopic (exact) mass is 275 g/mol. The van der Waals surface area contributed by atoms with Gasteiger partial charge in [0.1, 0.15) is 0 Å². The van der Waals surface area contributed by atoms with Crippen LogP contribution in [0.5, 0.6) is 0 Å². The standard InChI is InChI=1S/C16H25N3O/c1-12-3-5-15-13(2)19(10-9-18(12)15)16(20)6-4-14-7-8-17-11-14/h3,5,13-14,17H,4,6-11H2,1-2H3. The first kappa shape index (κ1) is 13.7. The second-order valence-corrected chi connectivity index (χ2v) is 6.21. The van der Waals surface area contributed by atoms with Crippen LogP contribution in [0.25, 0.3) is 0 Å². The molecule has 4 heteroatoms. The summed E-state index contributed by atoms with van der Waals surface area (Å²) < 4.78 is 2.34. The van der Waals surface area contributed by atoms with Crippen molar-refractivity contribution >= 4 is 5.91 Å². The van der Waals surface area contributed by atoms with Gasteiger partial charge in [-0.05, 0) is 57.8 Å². The van der Waals surface area contributed by atoms with Crippen LogP contribution in [0, 0.1) is 12.8 Å². The van der Waals surface area contributed by atoms with Gasteiger partial charge in [0.2, 0.25) is 5.91 Å². The highest BCUT2D eigenvalue weighted by molar-refractivity contribution is 5.76. The Hall–Kier alpha value is -1.29. The Morgan fingerprint density at radius 3 is 3.00 bits per heavy atom. The molecule has 0 bridgehead atoms. The van der Waals surface area contributed by atoms with E-state index < -0.39 is 0 Å². The Morgan fingerprint density at radius 2 is 2.25 bits per heavy atom. The highest BCUT2D eigenvalue weighted by Crippen LogP contribution is 2.28. The summed E-state index contributed by atoms with van der Waals surface area (Å²) in [5.74, 6) is 1.03. The van der Waals surface area contributed by atoms with Crippen molar-refractivity contribution in [2.45, 2.75) is 45.7 Å². The van der Waals surface area contributed by atoms with Crippen molar-refractivity contribution in [3.8, 4) is 0 Å².